The second kappa shape index (κ2) is 8.76. The van der Waals surface area contributed by atoms with Crippen LogP contribution in [-0.2, 0) is 6.42 Å². The third-order valence-corrected chi connectivity index (χ3v) is 6.34. The van der Waals surface area contributed by atoms with Gasteiger partial charge in [-0.3, -0.25) is 4.79 Å². The molecule has 1 aliphatic heterocycles. The number of anilines is 2. The van der Waals surface area contributed by atoms with Crippen molar-refractivity contribution in [2.75, 3.05) is 17.4 Å². The van der Waals surface area contributed by atoms with E-state index in [1.807, 2.05) is 36.4 Å². The third-order valence-electron chi connectivity index (χ3n) is 5.13. The first-order valence-electron chi connectivity index (χ1n) is 10.3. The molecule has 1 aliphatic rings. The molecule has 32 heavy (non-hydrogen) atoms. The van der Waals surface area contributed by atoms with E-state index in [-0.39, 0.29) is 24.5 Å². The molecule has 7 nitrogen and oxygen atoms in total. The molecule has 0 unspecified atom stereocenters. The Morgan fingerprint density at radius 3 is 2.81 bits per heavy atom. The highest BCUT2D eigenvalue weighted by atomic mass is 32.1. The fourth-order valence-corrected chi connectivity index (χ4v) is 4.58. The Kier molecular flexibility index (Phi) is 5.51. The number of benzene rings is 1. The zero-order valence-electron chi connectivity index (χ0n) is 17.3. The van der Waals surface area contributed by atoms with Crippen molar-refractivity contribution in [2.24, 2.45) is 0 Å². The number of fused-ring (bicyclic) bond motifs is 1. The van der Waals surface area contributed by atoms with Gasteiger partial charge in [0.05, 0.1) is 12.3 Å². The summed E-state index contributed by atoms with van der Waals surface area (Å²) < 4.78 is 16.3. The minimum Gasteiger partial charge on any atom is -0.459 e. The van der Waals surface area contributed by atoms with Gasteiger partial charge < -0.3 is 24.5 Å². The first-order valence-corrected chi connectivity index (χ1v) is 11.1. The number of hydrogen-bond donors (Lipinski definition) is 2. The maximum Gasteiger partial charge on any atom is 0.291 e. The SMILES string of the molecule is CCc1cc([C@@H](Nc2ccccn2)c2ccc3c(c2)OCO3)c(NC(=O)c2ccco2)s1. The van der Waals surface area contributed by atoms with Crippen LogP contribution in [0, 0.1) is 0 Å². The Hall–Kier alpha value is -3.78. The topological polar surface area (TPSA) is 85.6 Å². The summed E-state index contributed by atoms with van der Waals surface area (Å²) in [6, 6.07) is 16.8. The van der Waals surface area contributed by atoms with E-state index < -0.39 is 0 Å². The van der Waals surface area contributed by atoms with Crippen molar-refractivity contribution < 1.29 is 18.7 Å². The van der Waals surface area contributed by atoms with E-state index in [1.54, 1.807) is 29.7 Å². The molecule has 0 aliphatic carbocycles. The van der Waals surface area contributed by atoms with Gasteiger partial charge in [0.25, 0.3) is 5.91 Å². The summed E-state index contributed by atoms with van der Waals surface area (Å²) in [5.74, 6) is 2.11. The van der Waals surface area contributed by atoms with E-state index in [1.165, 1.54) is 6.26 Å². The van der Waals surface area contributed by atoms with Gasteiger partial charge in [-0.2, -0.15) is 0 Å². The number of carbonyl (C=O) groups is 1. The molecule has 162 valence electrons. The second-order valence-electron chi connectivity index (χ2n) is 7.19. The van der Waals surface area contributed by atoms with Crippen LogP contribution >= 0.6 is 11.3 Å². The van der Waals surface area contributed by atoms with Gasteiger partial charge in [-0.05, 0) is 54.4 Å². The molecular formula is C24H21N3O4S. The second-order valence-corrected chi connectivity index (χ2v) is 8.32. The van der Waals surface area contributed by atoms with Gasteiger partial charge in [0, 0.05) is 16.6 Å². The molecule has 1 amide bonds. The van der Waals surface area contributed by atoms with Crippen LogP contribution in [0.1, 0.15) is 39.5 Å². The average molecular weight is 448 g/mol. The van der Waals surface area contributed by atoms with Crippen molar-refractivity contribution in [3.63, 3.8) is 0 Å². The lowest BCUT2D eigenvalue weighted by molar-refractivity contribution is 0.0997. The molecular weight excluding hydrogens is 426 g/mol. The number of nitrogens with zero attached hydrogens (tertiary/aromatic N) is 1. The van der Waals surface area contributed by atoms with Crippen LogP contribution in [0.25, 0.3) is 0 Å². The Bertz CT molecular complexity index is 1220. The summed E-state index contributed by atoms with van der Waals surface area (Å²) in [5.41, 5.74) is 1.91. The van der Waals surface area contributed by atoms with Crippen LogP contribution in [0.3, 0.4) is 0 Å². The number of ether oxygens (including phenoxy) is 2. The number of furan rings is 1. The van der Waals surface area contributed by atoms with Gasteiger partial charge in [0.1, 0.15) is 10.8 Å². The molecule has 0 bridgehead atoms. The van der Waals surface area contributed by atoms with Crippen molar-refractivity contribution in [1.29, 1.82) is 0 Å². The molecule has 3 aromatic heterocycles. The summed E-state index contributed by atoms with van der Waals surface area (Å²) >= 11 is 1.55. The van der Waals surface area contributed by atoms with Gasteiger partial charge in [-0.1, -0.05) is 19.1 Å². The van der Waals surface area contributed by atoms with E-state index >= 15 is 0 Å². The molecule has 0 saturated carbocycles. The largest absolute Gasteiger partial charge is 0.459 e. The predicted octanol–water partition coefficient (Wildman–Crippen LogP) is 5.48. The Balaban J connectivity index is 1.56. The van der Waals surface area contributed by atoms with E-state index in [9.17, 15) is 4.79 Å². The summed E-state index contributed by atoms with van der Waals surface area (Å²) in [4.78, 5) is 18.3. The third kappa shape index (κ3) is 4.04. The maximum atomic E-state index is 12.7. The number of rotatable bonds is 7. The van der Waals surface area contributed by atoms with Gasteiger partial charge in [-0.15, -0.1) is 11.3 Å². The van der Waals surface area contributed by atoms with Crippen molar-refractivity contribution in [1.82, 2.24) is 4.98 Å². The van der Waals surface area contributed by atoms with E-state index in [4.69, 9.17) is 13.9 Å². The molecule has 0 fully saturated rings. The fourth-order valence-electron chi connectivity index (χ4n) is 3.55. The Morgan fingerprint density at radius 1 is 1.12 bits per heavy atom. The number of aryl methyl sites for hydroxylation is 1. The number of pyridine rings is 1. The molecule has 0 saturated heterocycles. The van der Waals surface area contributed by atoms with Crippen molar-refractivity contribution in [2.45, 2.75) is 19.4 Å². The highest BCUT2D eigenvalue weighted by Crippen LogP contribution is 2.41. The normalized spacial score (nSPS) is 13.0. The first kappa shape index (κ1) is 20.1. The summed E-state index contributed by atoms with van der Waals surface area (Å²) in [5, 5.41) is 7.30. The molecule has 4 heterocycles. The molecule has 0 spiro atoms. The first-order chi connectivity index (χ1) is 15.7. The quantitative estimate of drug-likeness (QED) is 0.390. The Morgan fingerprint density at radius 2 is 2.03 bits per heavy atom. The molecule has 4 aromatic rings. The highest BCUT2D eigenvalue weighted by molar-refractivity contribution is 7.16. The number of amides is 1. The van der Waals surface area contributed by atoms with E-state index in [2.05, 4.69) is 28.6 Å². The van der Waals surface area contributed by atoms with Gasteiger partial charge in [0.15, 0.2) is 17.3 Å². The summed E-state index contributed by atoms with van der Waals surface area (Å²) in [6.45, 7) is 2.30. The van der Waals surface area contributed by atoms with Crippen LogP contribution in [0.5, 0.6) is 11.5 Å². The predicted molar refractivity (Wildman–Crippen MR) is 123 cm³/mol. The zero-order chi connectivity index (χ0) is 21.9. The Labute approximate surface area is 189 Å². The molecule has 8 heteroatoms. The van der Waals surface area contributed by atoms with Gasteiger partial charge in [0.2, 0.25) is 6.79 Å². The number of thiophene rings is 1. The lowest BCUT2D eigenvalue weighted by atomic mass is 9.99. The van der Waals surface area contributed by atoms with Crippen LogP contribution in [0.4, 0.5) is 10.8 Å². The van der Waals surface area contributed by atoms with Crippen LogP contribution < -0.4 is 20.1 Å². The van der Waals surface area contributed by atoms with E-state index in [0.717, 1.165) is 39.0 Å². The lowest BCUT2D eigenvalue weighted by Gasteiger charge is -2.21. The number of hydrogen-bond acceptors (Lipinski definition) is 7. The molecule has 2 N–H and O–H groups in total. The number of aromatic nitrogens is 1. The van der Waals surface area contributed by atoms with Crippen molar-refractivity contribution in [3.8, 4) is 11.5 Å². The number of carbonyl (C=O) groups excluding carboxylic acids is 1. The maximum absolute atomic E-state index is 12.7. The van der Waals surface area contributed by atoms with Crippen LogP contribution in [-0.4, -0.2) is 17.7 Å². The molecule has 1 aromatic carbocycles. The minimum atomic E-state index is -0.289. The minimum absolute atomic E-state index is 0.208. The van der Waals surface area contributed by atoms with Crippen molar-refractivity contribution >= 4 is 28.1 Å². The van der Waals surface area contributed by atoms with Crippen LogP contribution in [0.2, 0.25) is 0 Å². The lowest BCUT2D eigenvalue weighted by Crippen LogP contribution is -2.16. The van der Waals surface area contributed by atoms with E-state index in [0.29, 0.717) is 5.75 Å². The smallest absolute Gasteiger partial charge is 0.291 e. The summed E-state index contributed by atoms with van der Waals surface area (Å²) in [7, 11) is 0. The molecule has 1 atom stereocenters. The monoisotopic (exact) mass is 447 g/mol. The number of nitrogens with one attached hydrogen (secondary N) is 2. The average Bonchev–Trinajstić information content (AvgIpc) is 3.58. The van der Waals surface area contributed by atoms with Crippen LogP contribution in [0.15, 0.2) is 71.5 Å². The summed E-state index contributed by atoms with van der Waals surface area (Å²) in [6.07, 6.45) is 4.08. The zero-order valence-corrected chi connectivity index (χ0v) is 18.1. The highest BCUT2D eigenvalue weighted by Gasteiger charge is 2.25. The molecule has 5 rings (SSSR count). The fraction of sp³-hybridized carbons (Fsp3) is 0.167. The van der Waals surface area contributed by atoms with Gasteiger partial charge in [-0.25, -0.2) is 4.98 Å². The van der Waals surface area contributed by atoms with Gasteiger partial charge >= 0.3 is 0 Å². The standard InChI is InChI=1S/C24H21N3O4S/c1-2-16-13-17(24(32-16)27-23(28)19-6-5-11-29-19)22(26-21-7-3-4-10-25-21)15-8-9-18-20(12-15)31-14-30-18/h3-13,22H,2,14H2,1H3,(H,25,26)(H,27,28)/t22-/m0/s1. The molecule has 0 radical (unpaired) electrons. The van der Waals surface area contributed by atoms with Crippen molar-refractivity contribution in [3.05, 3.63) is 88.8 Å².